The minimum atomic E-state index is -0.899. The number of aromatic nitrogens is 2. The zero-order valence-electron chi connectivity index (χ0n) is 18.3. The number of H-pyrrole nitrogens is 1. The van der Waals surface area contributed by atoms with Crippen molar-refractivity contribution in [2.24, 2.45) is 0 Å². The number of nitrogens with zero attached hydrogens (tertiary/aromatic N) is 2. The van der Waals surface area contributed by atoms with E-state index in [2.05, 4.69) is 4.98 Å². The Hall–Kier alpha value is -4.27. The summed E-state index contributed by atoms with van der Waals surface area (Å²) in [4.78, 5) is 30.5. The van der Waals surface area contributed by atoms with E-state index in [0.717, 1.165) is 0 Å². The molecule has 34 heavy (non-hydrogen) atoms. The number of aromatic amines is 1. The van der Waals surface area contributed by atoms with E-state index in [1.807, 2.05) is 10.8 Å². The molecule has 5 rings (SSSR count). The molecule has 0 saturated carbocycles. The van der Waals surface area contributed by atoms with Gasteiger partial charge in [-0.05, 0) is 35.4 Å². The third-order valence-electron chi connectivity index (χ3n) is 5.94. The quantitative estimate of drug-likeness (QED) is 0.246. The molecule has 0 spiro atoms. The molecule has 2 aromatic carbocycles. The number of amides is 1. The van der Waals surface area contributed by atoms with Crippen LogP contribution in [0.5, 0.6) is 17.2 Å². The van der Waals surface area contributed by atoms with Crippen LogP contribution in [0.2, 0.25) is 0 Å². The second-order valence-electron chi connectivity index (χ2n) is 8.13. The molecule has 1 fully saturated rings. The maximum absolute atomic E-state index is 13.6. The summed E-state index contributed by atoms with van der Waals surface area (Å²) in [7, 11) is 0. The number of likely N-dealkylation sites (tertiary alicyclic amines) is 1. The van der Waals surface area contributed by atoms with Gasteiger partial charge in [-0.2, -0.15) is 0 Å². The van der Waals surface area contributed by atoms with Gasteiger partial charge in [0.25, 0.3) is 5.91 Å². The average Bonchev–Trinajstić information content (AvgIpc) is 3.45. The van der Waals surface area contributed by atoms with Gasteiger partial charge in [0.05, 0.1) is 12.6 Å². The average molecular weight is 461 g/mol. The summed E-state index contributed by atoms with van der Waals surface area (Å²) in [6.45, 7) is 1.67. The molecule has 0 aliphatic carbocycles. The molecule has 1 saturated heterocycles. The molecule has 0 radical (unpaired) electrons. The van der Waals surface area contributed by atoms with Crippen LogP contribution in [0.4, 0.5) is 0 Å². The third kappa shape index (κ3) is 3.96. The predicted octanol–water partition coefficient (Wildman–Crippen LogP) is 1.09. The van der Waals surface area contributed by atoms with Crippen molar-refractivity contribution in [3.05, 3.63) is 77.9 Å². The van der Waals surface area contributed by atoms with Gasteiger partial charge >= 0.3 is 0 Å². The molecule has 2 aliphatic heterocycles. The van der Waals surface area contributed by atoms with Gasteiger partial charge < -0.3 is 24.6 Å². The Bertz CT molecular complexity index is 1270. The number of fused-ring (bicyclic) bond motifs is 1. The van der Waals surface area contributed by atoms with Crippen LogP contribution in [0.3, 0.4) is 0 Å². The van der Waals surface area contributed by atoms with Gasteiger partial charge in [-0.3, -0.25) is 14.6 Å². The largest absolute Gasteiger partial charge is 0.872 e. The first kappa shape index (κ1) is 21.6. The summed E-state index contributed by atoms with van der Waals surface area (Å²) in [6, 6.07) is 10.1. The molecule has 3 heterocycles. The van der Waals surface area contributed by atoms with Crippen LogP contribution in [-0.2, 0) is 16.1 Å². The molecule has 1 amide bonds. The fraction of sp³-hybridized carbons (Fsp3) is 0.240. The van der Waals surface area contributed by atoms with Crippen molar-refractivity contribution in [2.75, 3.05) is 19.8 Å². The summed E-state index contributed by atoms with van der Waals surface area (Å²) in [6.07, 6.45) is 6.03. The maximum atomic E-state index is 13.6. The van der Waals surface area contributed by atoms with Crippen molar-refractivity contribution >= 4 is 17.4 Å². The molecule has 174 valence electrons. The van der Waals surface area contributed by atoms with Crippen LogP contribution >= 0.6 is 0 Å². The molecule has 9 nitrogen and oxygen atoms in total. The number of benzene rings is 2. The van der Waals surface area contributed by atoms with Gasteiger partial charge in [-0.15, -0.1) is 0 Å². The number of nitrogens with one attached hydrogen (secondary N) is 1. The highest BCUT2D eigenvalue weighted by atomic mass is 16.6. The number of ether oxygens (including phenoxy) is 2. The van der Waals surface area contributed by atoms with E-state index < -0.39 is 23.5 Å². The van der Waals surface area contributed by atoms with Gasteiger partial charge in [0.2, 0.25) is 12.1 Å². The first-order valence-corrected chi connectivity index (χ1v) is 11.0. The Kier molecular flexibility index (Phi) is 5.67. The standard InChI is InChI=1S/C25H23N3O6/c29-18-4-1-3-16(13-18)22-21(23(30)17-5-6-19-20(14-17)34-12-11-33-19)24(31)25(32)28(22)9-2-8-27-10-7-26-15-27/h1,3-7,10,13-15,22H,2,8-9,11-12H2,(H2,29,30,31)/t22-/m1/s1. The highest BCUT2D eigenvalue weighted by Gasteiger charge is 2.44. The Balaban J connectivity index is 1.54. The topological polar surface area (TPSA) is 119 Å². The van der Waals surface area contributed by atoms with Gasteiger partial charge in [-0.25, -0.2) is 4.57 Å². The summed E-state index contributed by atoms with van der Waals surface area (Å²) in [5.74, 6) is -1.18. The van der Waals surface area contributed by atoms with E-state index >= 15 is 0 Å². The Morgan fingerprint density at radius 2 is 1.97 bits per heavy atom. The lowest BCUT2D eigenvalue weighted by Gasteiger charge is -2.28. The smallest absolute Gasteiger partial charge is 0.295 e. The van der Waals surface area contributed by atoms with E-state index in [0.29, 0.717) is 43.2 Å². The van der Waals surface area contributed by atoms with Crippen LogP contribution in [0, 0.1) is 0 Å². The number of aryl methyl sites for hydroxylation is 1. The number of ketones is 1. The number of aromatic hydroxyl groups is 1. The number of imidazole rings is 1. The first-order valence-electron chi connectivity index (χ1n) is 11.0. The molecule has 1 atom stereocenters. The lowest BCUT2D eigenvalue weighted by Crippen LogP contribution is -2.36. The number of hydrogen-bond donors (Lipinski definition) is 2. The van der Waals surface area contributed by atoms with E-state index in [-0.39, 0.29) is 23.4 Å². The van der Waals surface area contributed by atoms with Crippen LogP contribution < -0.4 is 19.1 Å². The molecular weight excluding hydrogens is 438 g/mol. The fourth-order valence-corrected chi connectivity index (χ4v) is 4.37. The number of hydrogen-bond acceptors (Lipinski definition) is 6. The van der Waals surface area contributed by atoms with E-state index in [9.17, 15) is 19.8 Å². The van der Waals surface area contributed by atoms with Gasteiger partial charge in [0.15, 0.2) is 11.5 Å². The minimum absolute atomic E-state index is 0.0155. The monoisotopic (exact) mass is 461 g/mol. The molecule has 3 aromatic rings. The minimum Gasteiger partial charge on any atom is -0.872 e. The van der Waals surface area contributed by atoms with E-state index in [4.69, 9.17) is 9.47 Å². The first-order chi connectivity index (χ1) is 16.5. The third-order valence-corrected chi connectivity index (χ3v) is 5.94. The van der Waals surface area contributed by atoms with Crippen molar-refractivity contribution in [1.29, 1.82) is 0 Å². The maximum Gasteiger partial charge on any atom is 0.295 e. The predicted molar refractivity (Wildman–Crippen MR) is 118 cm³/mol. The Labute approximate surface area is 195 Å². The van der Waals surface area contributed by atoms with Crippen LogP contribution in [0.1, 0.15) is 23.6 Å². The summed E-state index contributed by atoms with van der Waals surface area (Å²) < 4.78 is 13.0. The number of carbonyl (C=O) groups is 2. The molecule has 2 N–H and O–H groups in total. The van der Waals surface area contributed by atoms with Crippen LogP contribution in [0.15, 0.2) is 66.8 Å². The molecular formula is C25H23N3O6. The fourth-order valence-electron chi connectivity index (χ4n) is 4.37. The molecule has 0 bridgehead atoms. The van der Waals surface area contributed by atoms with Gasteiger partial charge in [0, 0.05) is 18.5 Å². The SMILES string of the molecule is O=C1C(=O)N(CCC[n+]2cc[nH]c2)[C@H](c2cccc(O)c2)C1=C([O-])c1ccc2c(c1)OCCO2. The van der Waals surface area contributed by atoms with Gasteiger partial charge in [-0.1, -0.05) is 24.0 Å². The molecule has 2 aliphatic rings. The number of phenolic OH excluding ortho intramolecular Hbond substituents is 1. The zero-order valence-corrected chi connectivity index (χ0v) is 18.3. The van der Waals surface area contributed by atoms with E-state index in [1.165, 1.54) is 23.1 Å². The number of carbonyl (C=O) groups excluding carboxylic acids is 2. The summed E-state index contributed by atoms with van der Waals surface area (Å²) >= 11 is 0. The number of Topliss-reactive ketones (excluding diaryl/α,β-unsaturated/α-hetero) is 1. The summed E-state index contributed by atoms with van der Waals surface area (Å²) in [5, 5.41) is 23.6. The van der Waals surface area contributed by atoms with E-state index in [1.54, 1.807) is 36.8 Å². The normalized spacial score (nSPS) is 18.9. The summed E-state index contributed by atoms with van der Waals surface area (Å²) in [5.41, 5.74) is 0.589. The van der Waals surface area contributed by atoms with Crippen LogP contribution in [0.25, 0.3) is 5.76 Å². The van der Waals surface area contributed by atoms with Crippen molar-refractivity contribution < 1.29 is 33.8 Å². The number of rotatable bonds is 6. The van der Waals surface area contributed by atoms with Crippen molar-refractivity contribution in [3.8, 4) is 17.2 Å². The van der Waals surface area contributed by atoms with Crippen LogP contribution in [-0.4, -0.2) is 46.4 Å². The molecule has 9 heteroatoms. The second-order valence-corrected chi connectivity index (χ2v) is 8.13. The van der Waals surface area contributed by atoms with Gasteiger partial charge in [0.1, 0.15) is 31.4 Å². The highest BCUT2D eigenvalue weighted by Crippen LogP contribution is 2.41. The Morgan fingerprint density at radius 3 is 2.74 bits per heavy atom. The lowest BCUT2D eigenvalue weighted by atomic mass is 9.95. The Morgan fingerprint density at radius 1 is 1.15 bits per heavy atom. The lowest BCUT2D eigenvalue weighted by molar-refractivity contribution is -0.695. The molecule has 1 aromatic heterocycles. The molecule has 0 unspecified atom stereocenters. The zero-order chi connectivity index (χ0) is 23.7. The van der Waals surface area contributed by atoms with Crippen molar-refractivity contribution in [3.63, 3.8) is 0 Å². The van der Waals surface area contributed by atoms with Crippen molar-refractivity contribution in [2.45, 2.75) is 19.0 Å². The van der Waals surface area contributed by atoms with Crippen molar-refractivity contribution in [1.82, 2.24) is 9.88 Å². The second kappa shape index (κ2) is 8.93. The number of phenols is 1. The highest BCUT2D eigenvalue weighted by molar-refractivity contribution is 6.46.